The van der Waals surface area contributed by atoms with E-state index in [-0.39, 0.29) is 5.56 Å². The summed E-state index contributed by atoms with van der Waals surface area (Å²) in [6.07, 6.45) is 0. The lowest BCUT2D eigenvalue weighted by Crippen LogP contribution is -2.04. The van der Waals surface area contributed by atoms with Gasteiger partial charge in [0.2, 0.25) is 0 Å². The van der Waals surface area contributed by atoms with Crippen molar-refractivity contribution < 1.29 is 8.78 Å². The Bertz CT molecular complexity index is 2750. The number of benzene rings is 7. The molecule has 0 unspecified atom stereocenters. The molecule has 9 aromatic rings. The minimum atomic E-state index is -0.638. The zero-order valence-electron chi connectivity index (χ0n) is 29.1. The molecule has 0 fully saturated rings. The zero-order chi connectivity index (χ0) is 36.1. The van der Waals surface area contributed by atoms with E-state index in [1.54, 1.807) is 6.07 Å². The van der Waals surface area contributed by atoms with Gasteiger partial charge in [0.25, 0.3) is 0 Å². The van der Waals surface area contributed by atoms with Gasteiger partial charge in [-0.3, -0.25) is 0 Å². The van der Waals surface area contributed by atoms with Crippen LogP contribution in [-0.2, 0) is 0 Å². The first-order valence-corrected chi connectivity index (χ1v) is 17.5. The van der Waals surface area contributed by atoms with Crippen molar-refractivity contribution in [3.8, 4) is 62.1 Å². The number of para-hydroxylation sites is 1. The number of halogens is 2. The summed E-state index contributed by atoms with van der Waals surface area (Å²) in [4.78, 5) is 15.0. The van der Waals surface area contributed by atoms with Crippen LogP contribution in [0.2, 0.25) is 0 Å². The van der Waals surface area contributed by atoms with Gasteiger partial charge in [-0.2, -0.15) is 0 Å². The van der Waals surface area contributed by atoms with Gasteiger partial charge in [0.15, 0.2) is 17.5 Å². The van der Waals surface area contributed by atoms with Gasteiger partial charge in [0, 0.05) is 27.5 Å². The van der Waals surface area contributed by atoms with Crippen LogP contribution in [0.5, 0.6) is 0 Å². The third-order valence-electron chi connectivity index (χ3n) is 9.80. The first kappa shape index (κ1) is 32.1. The van der Waals surface area contributed by atoms with Gasteiger partial charge in [-0.15, -0.1) is 0 Å². The smallest absolute Gasteiger partial charge is 0.166 e. The van der Waals surface area contributed by atoms with Crippen LogP contribution in [0.4, 0.5) is 8.78 Å². The molecule has 6 heteroatoms. The summed E-state index contributed by atoms with van der Waals surface area (Å²) >= 11 is 0. The first-order valence-electron chi connectivity index (χ1n) is 17.5. The van der Waals surface area contributed by atoms with Crippen molar-refractivity contribution in [2.45, 2.75) is 13.8 Å². The Morgan fingerprint density at radius 1 is 0.434 bits per heavy atom. The number of hydrogen-bond donors (Lipinski definition) is 0. The minimum absolute atomic E-state index is 0.0948. The summed E-state index contributed by atoms with van der Waals surface area (Å²) in [5, 5.41) is 2.10. The van der Waals surface area contributed by atoms with Crippen LogP contribution < -0.4 is 0 Å². The molecule has 0 saturated heterocycles. The molecule has 254 valence electrons. The topological polar surface area (TPSA) is 43.6 Å². The number of aryl methyl sites for hydroxylation is 2. The second-order valence-electron chi connectivity index (χ2n) is 13.3. The summed E-state index contributed by atoms with van der Waals surface area (Å²) in [6.45, 7) is 4.22. The van der Waals surface area contributed by atoms with Crippen molar-refractivity contribution in [1.82, 2.24) is 19.5 Å². The molecule has 0 spiro atoms. The largest absolute Gasteiger partial charge is 0.308 e. The Kier molecular flexibility index (Phi) is 7.93. The molecule has 0 saturated carbocycles. The Balaban J connectivity index is 1.38. The Labute approximate surface area is 305 Å². The van der Waals surface area contributed by atoms with E-state index < -0.39 is 11.6 Å². The van der Waals surface area contributed by atoms with Crippen LogP contribution in [0.15, 0.2) is 158 Å². The number of hydrogen-bond acceptors (Lipinski definition) is 3. The fraction of sp³-hybridized carbons (Fsp3) is 0.0426. The van der Waals surface area contributed by atoms with E-state index >= 15 is 8.78 Å². The predicted molar refractivity (Wildman–Crippen MR) is 211 cm³/mol. The number of fused-ring (bicyclic) bond motifs is 3. The van der Waals surface area contributed by atoms with Crippen molar-refractivity contribution in [3.63, 3.8) is 0 Å². The SMILES string of the molecule is Cc1ccc(-c2ccc3c4ccccc4n(-c4cc(-c5c(F)cccc5F)ccc4-c4nc(-c5ccccc5)nc(-c5ccccc5)n4)c3c2)c(C)c1. The molecule has 0 bridgehead atoms. The second-order valence-corrected chi connectivity index (χ2v) is 13.3. The average Bonchev–Trinajstić information content (AvgIpc) is 3.52. The minimum Gasteiger partial charge on any atom is -0.308 e. The molecule has 9 rings (SSSR count). The van der Waals surface area contributed by atoms with Crippen molar-refractivity contribution in [1.29, 1.82) is 0 Å². The van der Waals surface area contributed by atoms with Crippen LogP contribution in [0, 0.1) is 25.5 Å². The first-order chi connectivity index (χ1) is 25.9. The number of rotatable bonds is 6. The molecule has 7 aromatic carbocycles. The monoisotopic (exact) mass is 690 g/mol. The normalized spacial score (nSPS) is 11.4. The fourth-order valence-electron chi connectivity index (χ4n) is 7.30. The van der Waals surface area contributed by atoms with E-state index in [0.29, 0.717) is 34.3 Å². The molecule has 53 heavy (non-hydrogen) atoms. The lowest BCUT2D eigenvalue weighted by atomic mass is 9.97. The van der Waals surface area contributed by atoms with E-state index in [2.05, 4.69) is 66.9 Å². The van der Waals surface area contributed by atoms with Gasteiger partial charge in [-0.05, 0) is 72.5 Å². The van der Waals surface area contributed by atoms with Crippen molar-refractivity contribution >= 4 is 21.8 Å². The lowest BCUT2D eigenvalue weighted by Gasteiger charge is -2.17. The molecular weight excluding hydrogens is 659 g/mol. The molecule has 2 aromatic heterocycles. The standard InChI is InChI=1S/C47H32F2N4/c1-29-20-23-35(30(2)26-29)33-21-24-37-36-16-9-10-19-41(36)53(42(37)27-33)43-28-34(44-39(48)17-11-18-40(44)49)22-25-38(43)47-51-45(31-12-5-3-6-13-31)50-46(52-47)32-14-7-4-8-15-32/h3-28H,1-2H3. The van der Waals surface area contributed by atoms with E-state index in [1.165, 1.54) is 29.3 Å². The molecule has 0 aliphatic rings. The molecule has 0 atom stereocenters. The Morgan fingerprint density at radius 3 is 1.70 bits per heavy atom. The summed E-state index contributed by atoms with van der Waals surface area (Å²) < 4.78 is 33.1. The van der Waals surface area contributed by atoms with Gasteiger partial charge in [0.1, 0.15) is 11.6 Å². The molecule has 4 nitrogen and oxygen atoms in total. The highest BCUT2D eigenvalue weighted by atomic mass is 19.1. The summed E-state index contributed by atoms with van der Waals surface area (Å²) in [5.41, 5.74) is 9.81. The molecule has 0 aliphatic carbocycles. The highest BCUT2D eigenvalue weighted by Gasteiger charge is 2.22. The van der Waals surface area contributed by atoms with Crippen LogP contribution in [0.3, 0.4) is 0 Å². The third kappa shape index (κ3) is 5.75. The molecule has 2 heterocycles. The lowest BCUT2D eigenvalue weighted by molar-refractivity contribution is 0.589. The predicted octanol–water partition coefficient (Wildman–Crippen LogP) is 12.2. The molecule has 0 amide bonds. The molecule has 0 radical (unpaired) electrons. The maximum Gasteiger partial charge on any atom is 0.166 e. The van der Waals surface area contributed by atoms with Gasteiger partial charge in [-0.1, -0.05) is 127 Å². The zero-order valence-corrected chi connectivity index (χ0v) is 29.1. The van der Waals surface area contributed by atoms with Crippen LogP contribution >= 0.6 is 0 Å². The number of aromatic nitrogens is 4. The molecule has 0 N–H and O–H groups in total. The van der Waals surface area contributed by atoms with E-state index in [4.69, 9.17) is 15.0 Å². The highest BCUT2D eigenvalue weighted by Crippen LogP contribution is 2.40. The summed E-state index contributed by atoms with van der Waals surface area (Å²) in [6, 6.07) is 50.2. The van der Waals surface area contributed by atoms with Gasteiger partial charge in [0.05, 0.1) is 22.3 Å². The van der Waals surface area contributed by atoms with Gasteiger partial charge in [-0.25, -0.2) is 23.7 Å². The Morgan fingerprint density at radius 2 is 1.02 bits per heavy atom. The van der Waals surface area contributed by atoms with E-state index in [9.17, 15) is 0 Å². The summed E-state index contributed by atoms with van der Waals surface area (Å²) in [5.74, 6) is 0.194. The van der Waals surface area contributed by atoms with Gasteiger partial charge >= 0.3 is 0 Å². The fourth-order valence-corrected chi connectivity index (χ4v) is 7.30. The van der Waals surface area contributed by atoms with Crippen LogP contribution in [-0.4, -0.2) is 19.5 Å². The maximum absolute atomic E-state index is 15.4. The molecule has 0 aliphatic heterocycles. The quantitative estimate of drug-likeness (QED) is 0.174. The summed E-state index contributed by atoms with van der Waals surface area (Å²) in [7, 11) is 0. The van der Waals surface area contributed by atoms with E-state index in [1.807, 2.05) is 84.9 Å². The highest BCUT2D eigenvalue weighted by molar-refractivity contribution is 6.11. The van der Waals surface area contributed by atoms with Crippen LogP contribution in [0.1, 0.15) is 11.1 Å². The van der Waals surface area contributed by atoms with Gasteiger partial charge < -0.3 is 4.57 Å². The van der Waals surface area contributed by atoms with Crippen LogP contribution in [0.25, 0.3) is 83.9 Å². The molecular formula is C47H32F2N4. The average molecular weight is 691 g/mol. The third-order valence-corrected chi connectivity index (χ3v) is 9.80. The Hall–Kier alpha value is -6.79. The second kappa shape index (κ2) is 13.1. The van der Waals surface area contributed by atoms with E-state index in [0.717, 1.165) is 44.1 Å². The van der Waals surface area contributed by atoms with Crippen molar-refractivity contribution in [2.75, 3.05) is 0 Å². The van der Waals surface area contributed by atoms with Crippen molar-refractivity contribution in [2.24, 2.45) is 0 Å². The maximum atomic E-state index is 15.4. The number of nitrogens with zero attached hydrogens (tertiary/aromatic N) is 4. The van der Waals surface area contributed by atoms with Crippen molar-refractivity contribution in [3.05, 3.63) is 180 Å².